The molecular formula is C17H21N3O6S. The van der Waals surface area contributed by atoms with Crippen LogP contribution >= 0.6 is 0 Å². The van der Waals surface area contributed by atoms with E-state index in [1.807, 2.05) is 6.07 Å². The van der Waals surface area contributed by atoms with Gasteiger partial charge in [0.15, 0.2) is 11.5 Å². The minimum Gasteiger partial charge on any atom is -0.493 e. The van der Waals surface area contributed by atoms with Gasteiger partial charge in [-0.1, -0.05) is 6.07 Å². The number of methoxy groups -OCH3 is 2. The molecule has 0 amide bonds. The molecule has 10 heteroatoms. The van der Waals surface area contributed by atoms with Gasteiger partial charge in [-0.2, -0.15) is 0 Å². The summed E-state index contributed by atoms with van der Waals surface area (Å²) in [6, 6.07) is 9.15. The topological polar surface area (TPSA) is 111 Å². The number of anilines is 1. The summed E-state index contributed by atoms with van der Waals surface area (Å²) in [5.74, 6) is 1.13. The molecule has 0 bridgehead atoms. The van der Waals surface area contributed by atoms with Crippen LogP contribution in [0.15, 0.2) is 41.3 Å². The number of nitro groups is 1. The molecule has 1 N–H and O–H groups in total. The molecule has 2 aromatic rings. The summed E-state index contributed by atoms with van der Waals surface area (Å²) in [7, 11) is 2.22. The standard InChI is InChI=1S/C17H21N3O6S/c1-18-27(23,24)13-6-7-14(15(10-13)20(21)22)19(2)11-12-5-8-16(25-3)17(9-12)26-4/h5-10,18H,11H2,1-4H3. The molecule has 0 heterocycles. The van der Waals surface area contributed by atoms with Gasteiger partial charge in [0, 0.05) is 19.7 Å². The van der Waals surface area contributed by atoms with Gasteiger partial charge in [-0.15, -0.1) is 0 Å². The number of nitro benzene ring substituents is 1. The number of nitrogens with one attached hydrogen (secondary N) is 1. The monoisotopic (exact) mass is 395 g/mol. The van der Waals surface area contributed by atoms with Gasteiger partial charge in [-0.3, -0.25) is 10.1 Å². The Morgan fingerprint density at radius 1 is 1.11 bits per heavy atom. The van der Waals surface area contributed by atoms with Gasteiger partial charge >= 0.3 is 0 Å². The molecule has 0 aliphatic heterocycles. The Hall–Kier alpha value is -2.85. The van der Waals surface area contributed by atoms with E-state index in [0.29, 0.717) is 23.7 Å². The number of hydrogen-bond acceptors (Lipinski definition) is 7. The largest absolute Gasteiger partial charge is 0.493 e. The first kappa shape index (κ1) is 20.5. The van der Waals surface area contributed by atoms with Crippen molar-refractivity contribution in [2.45, 2.75) is 11.4 Å². The normalized spacial score (nSPS) is 11.1. The predicted octanol–water partition coefficient (Wildman–Crippen LogP) is 2.16. The summed E-state index contributed by atoms with van der Waals surface area (Å²) < 4.78 is 36.4. The molecule has 0 saturated heterocycles. The Morgan fingerprint density at radius 3 is 2.33 bits per heavy atom. The van der Waals surface area contributed by atoms with Crippen molar-refractivity contribution in [3.8, 4) is 11.5 Å². The zero-order valence-corrected chi connectivity index (χ0v) is 16.2. The molecule has 0 saturated carbocycles. The molecule has 0 atom stereocenters. The fourth-order valence-electron chi connectivity index (χ4n) is 2.60. The van der Waals surface area contributed by atoms with Crippen molar-refractivity contribution < 1.29 is 22.8 Å². The van der Waals surface area contributed by atoms with Crippen molar-refractivity contribution in [2.24, 2.45) is 0 Å². The summed E-state index contributed by atoms with van der Waals surface area (Å²) in [4.78, 5) is 12.4. The van der Waals surface area contributed by atoms with Crippen LogP contribution in [0.1, 0.15) is 5.56 Å². The number of rotatable bonds is 8. The van der Waals surface area contributed by atoms with E-state index in [4.69, 9.17) is 9.47 Å². The first-order chi connectivity index (χ1) is 12.7. The van der Waals surface area contributed by atoms with Crippen molar-refractivity contribution in [2.75, 3.05) is 33.2 Å². The van der Waals surface area contributed by atoms with Crippen LogP contribution in [-0.4, -0.2) is 41.7 Å². The van der Waals surface area contributed by atoms with Crippen LogP contribution in [0.2, 0.25) is 0 Å². The Balaban J connectivity index is 2.38. The summed E-state index contributed by atoms with van der Waals surface area (Å²) in [6.07, 6.45) is 0. The van der Waals surface area contributed by atoms with Crippen molar-refractivity contribution in [3.05, 3.63) is 52.1 Å². The maximum absolute atomic E-state index is 11.9. The maximum atomic E-state index is 11.9. The first-order valence-electron chi connectivity index (χ1n) is 7.87. The van der Waals surface area contributed by atoms with Gasteiger partial charge in [0.25, 0.3) is 5.69 Å². The quantitative estimate of drug-likeness (QED) is 0.538. The zero-order valence-electron chi connectivity index (χ0n) is 15.4. The third-order valence-corrected chi connectivity index (χ3v) is 5.41. The van der Waals surface area contributed by atoms with E-state index in [9.17, 15) is 18.5 Å². The number of benzene rings is 2. The second kappa shape index (κ2) is 8.23. The highest BCUT2D eigenvalue weighted by Crippen LogP contribution is 2.32. The Morgan fingerprint density at radius 2 is 1.78 bits per heavy atom. The highest BCUT2D eigenvalue weighted by atomic mass is 32.2. The molecule has 2 rings (SSSR count). The SMILES string of the molecule is CNS(=O)(=O)c1ccc(N(C)Cc2ccc(OC)c(OC)c2)c([N+](=O)[O-])c1. The Bertz CT molecular complexity index is 946. The number of nitrogens with zero attached hydrogens (tertiary/aromatic N) is 2. The Kier molecular flexibility index (Phi) is 6.24. The molecular weight excluding hydrogens is 374 g/mol. The lowest BCUT2D eigenvalue weighted by Crippen LogP contribution is -2.20. The molecule has 0 fully saturated rings. The van der Waals surface area contributed by atoms with Gasteiger partial charge in [0.2, 0.25) is 10.0 Å². The van der Waals surface area contributed by atoms with Crippen LogP contribution in [-0.2, 0) is 16.6 Å². The van der Waals surface area contributed by atoms with Gasteiger partial charge in [-0.05, 0) is 36.9 Å². The van der Waals surface area contributed by atoms with Gasteiger partial charge in [0.05, 0.1) is 24.0 Å². The highest BCUT2D eigenvalue weighted by molar-refractivity contribution is 7.89. The van der Waals surface area contributed by atoms with Gasteiger partial charge in [0.1, 0.15) is 5.69 Å². The zero-order chi connectivity index (χ0) is 20.2. The van der Waals surface area contributed by atoms with E-state index in [1.165, 1.54) is 33.4 Å². The van der Waals surface area contributed by atoms with Crippen molar-refractivity contribution in [3.63, 3.8) is 0 Å². The number of hydrogen-bond donors (Lipinski definition) is 1. The predicted molar refractivity (Wildman–Crippen MR) is 101 cm³/mol. The van der Waals surface area contributed by atoms with Crippen LogP contribution < -0.4 is 19.1 Å². The second-order valence-corrected chi connectivity index (χ2v) is 7.55. The van der Waals surface area contributed by atoms with E-state index >= 15 is 0 Å². The lowest BCUT2D eigenvalue weighted by molar-refractivity contribution is -0.384. The van der Waals surface area contributed by atoms with E-state index in [0.717, 1.165) is 11.6 Å². The summed E-state index contributed by atoms with van der Waals surface area (Å²) in [5.41, 5.74) is 0.843. The third kappa shape index (κ3) is 4.47. The van der Waals surface area contributed by atoms with Gasteiger partial charge < -0.3 is 14.4 Å². The van der Waals surface area contributed by atoms with E-state index in [1.54, 1.807) is 24.1 Å². The summed E-state index contributed by atoms with van der Waals surface area (Å²) in [6.45, 7) is 0.347. The first-order valence-corrected chi connectivity index (χ1v) is 9.35. The smallest absolute Gasteiger partial charge is 0.293 e. The van der Waals surface area contributed by atoms with Crippen molar-refractivity contribution in [1.82, 2.24) is 4.72 Å². The van der Waals surface area contributed by atoms with Gasteiger partial charge in [-0.25, -0.2) is 13.1 Å². The van der Waals surface area contributed by atoms with Crippen LogP contribution in [0.4, 0.5) is 11.4 Å². The molecule has 27 heavy (non-hydrogen) atoms. The average Bonchev–Trinajstić information content (AvgIpc) is 2.67. The third-order valence-electron chi connectivity index (χ3n) is 4.00. The summed E-state index contributed by atoms with van der Waals surface area (Å²) >= 11 is 0. The average molecular weight is 395 g/mol. The molecule has 0 aliphatic rings. The highest BCUT2D eigenvalue weighted by Gasteiger charge is 2.22. The lowest BCUT2D eigenvalue weighted by Gasteiger charge is -2.20. The molecule has 0 spiro atoms. The molecule has 146 valence electrons. The van der Waals surface area contributed by atoms with Crippen molar-refractivity contribution >= 4 is 21.4 Å². The molecule has 0 radical (unpaired) electrons. The Labute approximate surface area is 157 Å². The summed E-state index contributed by atoms with van der Waals surface area (Å²) in [5, 5.41) is 11.5. The molecule has 0 aromatic heterocycles. The minimum absolute atomic E-state index is 0.167. The van der Waals surface area contributed by atoms with Crippen LogP contribution in [0, 0.1) is 10.1 Å². The molecule has 2 aromatic carbocycles. The van der Waals surface area contributed by atoms with Crippen LogP contribution in [0.3, 0.4) is 0 Å². The van der Waals surface area contributed by atoms with Crippen molar-refractivity contribution in [1.29, 1.82) is 0 Å². The molecule has 9 nitrogen and oxygen atoms in total. The fourth-order valence-corrected chi connectivity index (χ4v) is 3.34. The molecule has 0 aliphatic carbocycles. The minimum atomic E-state index is -3.78. The fraction of sp³-hybridized carbons (Fsp3) is 0.294. The number of sulfonamides is 1. The lowest BCUT2D eigenvalue weighted by atomic mass is 10.1. The number of ether oxygens (including phenoxy) is 2. The second-order valence-electron chi connectivity index (χ2n) is 5.66. The van der Waals surface area contributed by atoms with E-state index in [2.05, 4.69) is 4.72 Å². The van der Waals surface area contributed by atoms with Crippen LogP contribution in [0.25, 0.3) is 0 Å². The van der Waals surface area contributed by atoms with E-state index in [-0.39, 0.29) is 10.6 Å². The van der Waals surface area contributed by atoms with Crippen LogP contribution in [0.5, 0.6) is 11.5 Å². The maximum Gasteiger partial charge on any atom is 0.293 e. The molecule has 0 unspecified atom stereocenters. The van der Waals surface area contributed by atoms with E-state index < -0.39 is 14.9 Å².